The minimum absolute atomic E-state index is 0.107. The monoisotopic (exact) mass is 379 g/mol. The second-order valence-corrected chi connectivity index (χ2v) is 5.17. The van der Waals surface area contributed by atoms with E-state index in [0.717, 1.165) is 10.6 Å². The van der Waals surface area contributed by atoms with E-state index in [1.54, 1.807) is 0 Å². The van der Waals surface area contributed by atoms with E-state index < -0.39 is 18.1 Å². The lowest BCUT2D eigenvalue weighted by Crippen LogP contribution is -2.33. The van der Waals surface area contributed by atoms with Gasteiger partial charge in [-0.1, -0.05) is 0 Å². The van der Waals surface area contributed by atoms with Gasteiger partial charge in [0.2, 0.25) is 5.95 Å². The number of aryl methyl sites for hydroxylation is 1. The highest BCUT2D eigenvalue weighted by Gasteiger charge is 2.40. The third-order valence-electron chi connectivity index (χ3n) is 2.58. The van der Waals surface area contributed by atoms with E-state index in [-0.39, 0.29) is 12.4 Å². The van der Waals surface area contributed by atoms with Crippen LogP contribution in [0.4, 0.5) is 19.1 Å². The van der Waals surface area contributed by atoms with Crippen LogP contribution in [0, 0.1) is 0 Å². The molecule has 0 saturated heterocycles. The predicted octanol–water partition coefficient (Wildman–Crippen LogP) is 1.27. The van der Waals surface area contributed by atoms with Crippen molar-refractivity contribution in [2.45, 2.75) is 19.1 Å². The second kappa shape index (κ2) is 8.92. The quantitative estimate of drug-likeness (QED) is 0.606. The van der Waals surface area contributed by atoms with Gasteiger partial charge in [-0.15, -0.1) is 0 Å². The summed E-state index contributed by atoms with van der Waals surface area (Å²) in [6.07, 6.45) is -1.11. The molecule has 0 spiro atoms. The molecule has 12 heteroatoms. The first kappa shape index (κ1) is 20.3. The first-order valence-electron chi connectivity index (χ1n) is 6.59. The highest BCUT2D eigenvalue weighted by Crippen LogP contribution is 2.20. The SMILES string of the molecule is COC(=O)C(F)(F)F.Nc1nsc(-c2cc[n+](CCC(=O)O)cc2)n1. The average molecular weight is 379 g/mol. The number of methoxy groups -OCH3 is 1. The number of alkyl halides is 3. The van der Waals surface area contributed by atoms with Crippen LogP contribution in [0.15, 0.2) is 24.5 Å². The lowest BCUT2D eigenvalue weighted by molar-refractivity contribution is -0.695. The van der Waals surface area contributed by atoms with Crippen molar-refractivity contribution in [3.05, 3.63) is 24.5 Å². The topological polar surface area (TPSA) is 119 Å². The Morgan fingerprint density at radius 2 is 1.96 bits per heavy atom. The zero-order valence-corrected chi connectivity index (χ0v) is 13.7. The van der Waals surface area contributed by atoms with Crippen molar-refractivity contribution in [3.8, 4) is 10.6 Å². The van der Waals surface area contributed by atoms with Crippen LogP contribution >= 0.6 is 11.5 Å². The molecule has 2 heterocycles. The number of ether oxygens (including phenoxy) is 1. The molecule has 8 nitrogen and oxygen atoms in total. The van der Waals surface area contributed by atoms with Gasteiger partial charge in [0.15, 0.2) is 18.9 Å². The molecule has 0 aliphatic rings. The number of carbonyl (C=O) groups is 2. The predicted molar refractivity (Wildman–Crippen MR) is 80.3 cm³/mol. The number of aliphatic carboxylic acids is 1. The first-order chi connectivity index (χ1) is 11.6. The maximum atomic E-state index is 11.0. The summed E-state index contributed by atoms with van der Waals surface area (Å²) in [5, 5.41) is 9.32. The van der Waals surface area contributed by atoms with Crippen LogP contribution in [0.25, 0.3) is 10.6 Å². The summed E-state index contributed by atoms with van der Waals surface area (Å²) in [6, 6.07) is 3.73. The number of aromatic nitrogens is 3. The molecule has 0 aliphatic heterocycles. The molecule has 0 saturated carbocycles. The van der Waals surface area contributed by atoms with Crippen LogP contribution in [0.3, 0.4) is 0 Å². The molecule has 0 fully saturated rings. The van der Waals surface area contributed by atoms with Crippen molar-refractivity contribution >= 4 is 29.4 Å². The van der Waals surface area contributed by atoms with E-state index in [1.807, 2.05) is 29.1 Å². The Hall–Kier alpha value is -2.76. The van der Waals surface area contributed by atoms with Crippen LogP contribution in [0.1, 0.15) is 6.42 Å². The molecule has 0 aromatic carbocycles. The minimum Gasteiger partial charge on any atom is -0.481 e. The number of pyridine rings is 1. The summed E-state index contributed by atoms with van der Waals surface area (Å²) < 4.78 is 42.0. The number of carboxylic acids is 1. The maximum absolute atomic E-state index is 11.0. The molecule has 2 aromatic rings. The number of nitrogens with zero attached hydrogens (tertiary/aromatic N) is 3. The number of esters is 1. The summed E-state index contributed by atoms with van der Waals surface area (Å²) >= 11 is 1.24. The average Bonchev–Trinajstić information content (AvgIpc) is 2.98. The van der Waals surface area contributed by atoms with Crippen molar-refractivity contribution in [1.82, 2.24) is 9.36 Å². The molecule has 2 rings (SSSR count). The van der Waals surface area contributed by atoms with Crippen LogP contribution in [-0.4, -0.2) is 39.7 Å². The Kier molecular flexibility index (Phi) is 7.23. The number of halogens is 3. The molecule has 0 unspecified atom stereocenters. The van der Waals surface area contributed by atoms with Crippen LogP contribution in [0.5, 0.6) is 0 Å². The van der Waals surface area contributed by atoms with Crippen LogP contribution < -0.4 is 10.3 Å². The van der Waals surface area contributed by atoms with Gasteiger partial charge in [-0.2, -0.15) is 22.5 Å². The van der Waals surface area contributed by atoms with Gasteiger partial charge in [0.05, 0.1) is 7.11 Å². The fourth-order valence-corrected chi connectivity index (χ4v) is 2.04. The maximum Gasteiger partial charge on any atom is 0.490 e. The number of nitrogens with two attached hydrogens (primary N) is 1. The zero-order valence-electron chi connectivity index (χ0n) is 12.9. The lowest BCUT2D eigenvalue weighted by atomic mass is 10.3. The number of hydrogen-bond donors (Lipinski definition) is 2. The summed E-state index contributed by atoms with van der Waals surface area (Å²) in [5.74, 6) is -2.71. The molecule has 0 atom stereocenters. The summed E-state index contributed by atoms with van der Waals surface area (Å²) in [6.45, 7) is 0.452. The molecule has 0 amide bonds. The molecular weight excluding hydrogens is 365 g/mol. The van der Waals surface area contributed by atoms with Crippen molar-refractivity contribution in [2.24, 2.45) is 0 Å². The molecule has 2 aromatic heterocycles. The third-order valence-corrected chi connectivity index (χ3v) is 3.36. The molecule has 0 radical (unpaired) electrons. The number of anilines is 1. The molecular formula is C13H14F3N4O4S+. The van der Waals surface area contributed by atoms with Crippen LogP contribution in [0.2, 0.25) is 0 Å². The Morgan fingerprint density at radius 1 is 1.36 bits per heavy atom. The van der Waals surface area contributed by atoms with Crippen molar-refractivity contribution in [1.29, 1.82) is 0 Å². The first-order valence-corrected chi connectivity index (χ1v) is 7.36. The smallest absolute Gasteiger partial charge is 0.481 e. The number of hydrogen-bond acceptors (Lipinski definition) is 7. The highest BCUT2D eigenvalue weighted by atomic mass is 32.1. The van der Waals surface area contributed by atoms with E-state index >= 15 is 0 Å². The van der Waals surface area contributed by atoms with Gasteiger partial charge < -0.3 is 15.6 Å². The fraction of sp³-hybridized carbons (Fsp3) is 0.308. The van der Waals surface area contributed by atoms with Crippen molar-refractivity contribution in [3.63, 3.8) is 0 Å². The van der Waals surface area contributed by atoms with Crippen LogP contribution in [-0.2, 0) is 20.9 Å². The summed E-state index contributed by atoms with van der Waals surface area (Å²) in [5.41, 5.74) is 6.37. The standard InChI is InChI=1S/C10H10N4O2S.C3H3F3O2/c11-10-12-9(17-13-10)7-1-4-14(5-2-7)6-3-8(15)16;1-8-2(7)3(4,5)6/h1-2,4-5H,3,6H2,(H2-,11,13,15,16);1H3/p+1. The van der Waals surface area contributed by atoms with Gasteiger partial charge in [0.25, 0.3) is 0 Å². The Labute approximate surface area is 143 Å². The van der Waals surface area contributed by atoms with E-state index in [2.05, 4.69) is 14.1 Å². The largest absolute Gasteiger partial charge is 0.490 e. The van der Waals surface area contributed by atoms with Gasteiger partial charge in [-0.25, -0.2) is 9.36 Å². The van der Waals surface area contributed by atoms with Crippen molar-refractivity contribution < 1.29 is 37.2 Å². The molecule has 0 aliphatic carbocycles. The number of nitrogen functional groups attached to an aromatic ring is 1. The number of carbonyl (C=O) groups excluding carboxylic acids is 1. The van der Waals surface area contributed by atoms with Gasteiger partial charge in [-0.3, -0.25) is 4.79 Å². The fourth-order valence-electron chi connectivity index (χ4n) is 1.44. The van der Waals surface area contributed by atoms with E-state index in [4.69, 9.17) is 10.8 Å². The molecule has 25 heavy (non-hydrogen) atoms. The van der Waals surface area contributed by atoms with Crippen molar-refractivity contribution in [2.75, 3.05) is 12.8 Å². The molecule has 136 valence electrons. The zero-order chi connectivity index (χ0) is 19.0. The van der Waals surface area contributed by atoms with Gasteiger partial charge in [-0.05, 0) is 11.5 Å². The summed E-state index contributed by atoms with van der Waals surface area (Å²) in [4.78, 5) is 24.0. The van der Waals surface area contributed by atoms with E-state index in [0.29, 0.717) is 13.7 Å². The van der Waals surface area contributed by atoms with Gasteiger partial charge >= 0.3 is 18.1 Å². The lowest BCUT2D eigenvalue weighted by Gasteiger charge is -1.99. The Bertz CT molecular complexity index is 719. The Morgan fingerprint density at radius 3 is 2.32 bits per heavy atom. The highest BCUT2D eigenvalue weighted by molar-refractivity contribution is 7.09. The summed E-state index contributed by atoms with van der Waals surface area (Å²) in [7, 11) is 0.676. The van der Waals surface area contributed by atoms with E-state index in [9.17, 15) is 22.8 Å². The van der Waals surface area contributed by atoms with E-state index in [1.165, 1.54) is 11.5 Å². The minimum atomic E-state index is -4.85. The molecule has 3 N–H and O–H groups in total. The van der Waals surface area contributed by atoms with Gasteiger partial charge in [0.1, 0.15) is 11.4 Å². The normalized spacial score (nSPS) is 10.6. The third kappa shape index (κ3) is 7.12. The number of rotatable bonds is 4. The number of carboxylic acid groups (broad SMARTS) is 1. The Balaban J connectivity index is 0.000000333. The second-order valence-electron chi connectivity index (χ2n) is 4.42. The van der Waals surface area contributed by atoms with Gasteiger partial charge in [0, 0.05) is 17.7 Å². The molecule has 0 bridgehead atoms.